The fourth-order valence-corrected chi connectivity index (χ4v) is 3.48. The van der Waals surface area contributed by atoms with Crippen LogP contribution in [0.3, 0.4) is 0 Å². The van der Waals surface area contributed by atoms with Crippen LogP contribution in [0, 0.1) is 24.0 Å². The summed E-state index contributed by atoms with van der Waals surface area (Å²) in [4.78, 5) is 22.7. The highest BCUT2D eigenvalue weighted by atomic mass is 32.2. The van der Waals surface area contributed by atoms with E-state index >= 15 is 0 Å². The lowest BCUT2D eigenvalue weighted by Crippen LogP contribution is -2.15. The number of aromatic nitrogens is 3. The van der Waals surface area contributed by atoms with Gasteiger partial charge in [-0.2, -0.15) is 0 Å². The number of anilines is 1. The zero-order chi connectivity index (χ0) is 21.7. The molecule has 0 saturated carbocycles. The van der Waals surface area contributed by atoms with Gasteiger partial charge in [0.2, 0.25) is 5.91 Å². The van der Waals surface area contributed by atoms with E-state index in [0.29, 0.717) is 11.0 Å². The Morgan fingerprint density at radius 1 is 1.23 bits per heavy atom. The number of rotatable bonds is 8. The van der Waals surface area contributed by atoms with E-state index in [9.17, 15) is 14.9 Å². The Bertz CT molecular complexity index is 1080. The first-order chi connectivity index (χ1) is 14.3. The van der Waals surface area contributed by atoms with Crippen LogP contribution in [-0.4, -0.2) is 31.3 Å². The lowest BCUT2D eigenvalue weighted by Gasteiger charge is -2.09. The van der Waals surface area contributed by atoms with Crippen molar-refractivity contribution in [1.82, 2.24) is 14.8 Å². The molecule has 3 rings (SSSR count). The van der Waals surface area contributed by atoms with Crippen molar-refractivity contribution in [1.29, 1.82) is 0 Å². The maximum atomic E-state index is 12.2. The summed E-state index contributed by atoms with van der Waals surface area (Å²) in [5, 5.41) is 22.4. The molecular weight excluding hydrogens is 406 g/mol. The summed E-state index contributed by atoms with van der Waals surface area (Å²) in [5.74, 6) is 1.07. The Hall–Kier alpha value is -3.40. The Balaban J connectivity index is 1.57. The monoisotopic (exact) mass is 427 g/mol. The van der Waals surface area contributed by atoms with Crippen LogP contribution in [0.5, 0.6) is 5.75 Å². The van der Waals surface area contributed by atoms with Gasteiger partial charge in [0.25, 0.3) is 5.69 Å². The van der Waals surface area contributed by atoms with Crippen LogP contribution in [0.15, 0.2) is 47.6 Å². The number of benzene rings is 2. The largest absolute Gasteiger partial charge is 0.485 e. The van der Waals surface area contributed by atoms with Gasteiger partial charge in [-0.25, -0.2) is 0 Å². The van der Waals surface area contributed by atoms with Crippen LogP contribution in [0.2, 0.25) is 0 Å². The predicted molar refractivity (Wildman–Crippen MR) is 114 cm³/mol. The molecule has 10 heteroatoms. The minimum absolute atomic E-state index is 0.0376. The molecule has 1 heterocycles. The lowest BCUT2D eigenvalue weighted by atomic mass is 10.1. The molecule has 0 aliphatic heterocycles. The van der Waals surface area contributed by atoms with Crippen LogP contribution in [0.4, 0.5) is 11.4 Å². The number of nitrogens with zero attached hydrogens (tertiary/aromatic N) is 4. The third-order valence-electron chi connectivity index (χ3n) is 4.32. The van der Waals surface area contributed by atoms with Gasteiger partial charge in [-0.05, 0) is 31.5 Å². The van der Waals surface area contributed by atoms with E-state index in [1.165, 1.54) is 23.9 Å². The van der Waals surface area contributed by atoms with E-state index in [0.717, 1.165) is 16.9 Å². The second-order valence-corrected chi connectivity index (χ2v) is 7.57. The number of amides is 1. The highest BCUT2D eigenvalue weighted by molar-refractivity contribution is 7.99. The van der Waals surface area contributed by atoms with E-state index in [4.69, 9.17) is 4.74 Å². The number of hydrogen-bond acceptors (Lipinski definition) is 7. The summed E-state index contributed by atoms with van der Waals surface area (Å²) in [5.41, 5.74) is 2.21. The summed E-state index contributed by atoms with van der Waals surface area (Å²) in [6.07, 6.45) is 0. The normalized spacial score (nSPS) is 10.6. The first-order valence-corrected chi connectivity index (χ1v) is 10.1. The van der Waals surface area contributed by atoms with Crippen LogP contribution >= 0.6 is 11.8 Å². The minimum atomic E-state index is -0.534. The number of carbonyl (C=O) groups is 1. The molecule has 9 nitrogen and oxygen atoms in total. The van der Waals surface area contributed by atoms with Gasteiger partial charge in [-0.3, -0.25) is 14.9 Å². The number of nitrogens with one attached hydrogen (secondary N) is 1. The summed E-state index contributed by atoms with van der Waals surface area (Å²) in [6.45, 7) is 4.25. The van der Waals surface area contributed by atoms with E-state index < -0.39 is 4.92 Å². The number of ether oxygens (including phenoxy) is 1. The average Bonchev–Trinajstić information content (AvgIpc) is 3.05. The van der Waals surface area contributed by atoms with Crippen molar-refractivity contribution in [3.8, 4) is 5.75 Å². The third kappa shape index (κ3) is 5.15. The molecule has 0 unspecified atom stereocenters. The molecule has 1 aromatic heterocycles. The summed E-state index contributed by atoms with van der Waals surface area (Å²) in [6, 6.07) is 12.0. The maximum Gasteiger partial charge on any atom is 0.292 e. The number of hydrogen-bond donors (Lipinski definition) is 1. The Morgan fingerprint density at radius 2 is 2.00 bits per heavy atom. The van der Waals surface area contributed by atoms with Crippen LogP contribution in [0.1, 0.15) is 17.0 Å². The van der Waals surface area contributed by atoms with Crippen molar-refractivity contribution in [2.75, 3.05) is 11.1 Å². The molecule has 1 N–H and O–H groups in total. The first-order valence-electron chi connectivity index (χ1n) is 9.09. The number of nitro groups is 1. The fourth-order valence-electron chi connectivity index (χ4n) is 2.75. The number of aryl methyl sites for hydroxylation is 2. The van der Waals surface area contributed by atoms with Crippen LogP contribution < -0.4 is 10.1 Å². The molecule has 0 fully saturated rings. The van der Waals surface area contributed by atoms with Crippen LogP contribution in [-0.2, 0) is 18.4 Å². The fraction of sp³-hybridized carbons (Fsp3) is 0.250. The highest BCUT2D eigenvalue weighted by Crippen LogP contribution is 2.24. The molecule has 0 saturated heterocycles. The molecule has 0 radical (unpaired) electrons. The zero-order valence-corrected chi connectivity index (χ0v) is 17.6. The Morgan fingerprint density at radius 3 is 2.73 bits per heavy atom. The number of para-hydroxylation sites is 2. The van der Waals surface area contributed by atoms with Gasteiger partial charge >= 0.3 is 0 Å². The van der Waals surface area contributed by atoms with Crippen molar-refractivity contribution >= 4 is 29.0 Å². The quantitative estimate of drug-likeness (QED) is 0.332. The topological polar surface area (TPSA) is 112 Å². The van der Waals surface area contributed by atoms with Crippen molar-refractivity contribution in [2.45, 2.75) is 25.6 Å². The second kappa shape index (κ2) is 9.40. The van der Waals surface area contributed by atoms with Crippen molar-refractivity contribution in [3.05, 3.63) is 69.5 Å². The molecule has 0 atom stereocenters. The van der Waals surface area contributed by atoms with E-state index in [-0.39, 0.29) is 29.6 Å². The SMILES string of the molecule is Cc1ccc(OCc2nnc(SCC(=O)Nc3ccccc3[N+](=O)[O-])n2C)c(C)c1. The number of nitro benzene ring substituents is 1. The third-order valence-corrected chi connectivity index (χ3v) is 5.34. The Labute approximate surface area is 177 Å². The molecule has 30 heavy (non-hydrogen) atoms. The molecule has 156 valence electrons. The van der Waals surface area contributed by atoms with Crippen molar-refractivity contribution in [3.63, 3.8) is 0 Å². The molecule has 0 aliphatic carbocycles. The predicted octanol–water partition coefficient (Wildman–Crippen LogP) is 3.65. The zero-order valence-electron chi connectivity index (χ0n) is 16.8. The van der Waals surface area contributed by atoms with Gasteiger partial charge in [0.05, 0.1) is 10.7 Å². The van der Waals surface area contributed by atoms with E-state index in [1.807, 2.05) is 32.0 Å². The van der Waals surface area contributed by atoms with E-state index in [2.05, 4.69) is 15.5 Å². The molecule has 0 bridgehead atoms. The first kappa shape index (κ1) is 21.3. The molecule has 2 aromatic carbocycles. The summed E-state index contributed by atoms with van der Waals surface area (Å²) in [7, 11) is 1.79. The smallest absolute Gasteiger partial charge is 0.292 e. The Kier molecular flexibility index (Phi) is 6.68. The van der Waals surface area contributed by atoms with Gasteiger partial charge in [0.1, 0.15) is 18.0 Å². The van der Waals surface area contributed by atoms with Crippen molar-refractivity contribution in [2.24, 2.45) is 7.05 Å². The second-order valence-electron chi connectivity index (χ2n) is 6.63. The minimum Gasteiger partial charge on any atom is -0.485 e. The molecule has 1 amide bonds. The van der Waals surface area contributed by atoms with Gasteiger partial charge in [0.15, 0.2) is 11.0 Å². The molecular formula is C20H21N5O4S. The number of thioether (sulfide) groups is 1. The van der Waals surface area contributed by atoms with Gasteiger partial charge in [-0.15, -0.1) is 10.2 Å². The molecule has 0 aliphatic rings. The van der Waals surface area contributed by atoms with Crippen molar-refractivity contribution < 1.29 is 14.5 Å². The maximum absolute atomic E-state index is 12.2. The highest BCUT2D eigenvalue weighted by Gasteiger charge is 2.16. The molecule has 0 spiro atoms. The lowest BCUT2D eigenvalue weighted by molar-refractivity contribution is -0.383. The number of carbonyl (C=O) groups excluding carboxylic acids is 1. The average molecular weight is 427 g/mol. The molecule has 3 aromatic rings. The summed E-state index contributed by atoms with van der Waals surface area (Å²) < 4.78 is 7.59. The summed E-state index contributed by atoms with van der Waals surface area (Å²) >= 11 is 1.19. The van der Waals surface area contributed by atoms with Crippen LogP contribution in [0.25, 0.3) is 0 Å². The van der Waals surface area contributed by atoms with E-state index in [1.54, 1.807) is 23.7 Å². The standard InChI is InChI=1S/C20H21N5O4S/c1-13-8-9-17(14(2)10-13)29-11-18-22-23-20(24(18)3)30-12-19(26)21-15-6-4-5-7-16(15)25(27)28/h4-10H,11-12H2,1-3H3,(H,21,26). The van der Waals surface area contributed by atoms with Gasteiger partial charge in [-0.1, -0.05) is 41.6 Å². The van der Waals surface area contributed by atoms with Gasteiger partial charge in [0, 0.05) is 13.1 Å². The van der Waals surface area contributed by atoms with Gasteiger partial charge < -0.3 is 14.6 Å².